The molecule has 0 spiro atoms. The zero-order valence-corrected chi connectivity index (χ0v) is 9.46. The van der Waals surface area contributed by atoms with Crippen LogP contribution >= 0.6 is 15.9 Å². The van der Waals surface area contributed by atoms with Crippen LogP contribution in [-0.2, 0) is 0 Å². The Morgan fingerprint density at radius 1 is 1.47 bits per heavy atom. The van der Waals surface area contributed by atoms with Crippen molar-refractivity contribution in [1.29, 1.82) is 5.26 Å². The first-order chi connectivity index (χ1) is 7.13. The van der Waals surface area contributed by atoms with E-state index in [0.29, 0.717) is 11.1 Å². The molecule has 0 fully saturated rings. The van der Waals surface area contributed by atoms with Crippen LogP contribution in [0.25, 0.3) is 11.0 Å². The van der Waals surface area contributed by atoms with Crippen molar-refractivity contribution in [2.45, 2.75) is 6.92 Å². The zero-order chi connectivity index (χ0) is 11.0. The predicted octanol–water partition coefficient (Wildman–Crippen LogP) is 2.74. The van der Waals surface area contributed by atoms with Crippen LogP contribution in [0.3, 0.4) is 0 Å². The first-order valence-electron chi connectivity index (χ1n) is 4.26. The summed E-state index contributed by atoms with van der Waals surface area (Å²) in [6, 6.07) is 7.17. The lowest BCUT2D eigenvalue weighted by Gasteiger charge is -2.02. The average Bonchev–Trinajstić information content (AvgIpc) is 2.20. The van der Waals surface area contributed by atoms with Gasteiger partial charge in [-0.05, 0) is 30.7 Å². The monoisotopic (exact) mass is 263 g/mol. The van der Waals surface area contributed by atoms with Gasteiger partial charge in [-0.25, -0.2) is 4.79 Å². The molecule has 0 radical (unpaired) electrons. The molecule has 0 aliphatic heterocycles. The van der Waals surface area contributed by atoms with E-state index in [4.69, 9.17) is 9.68 Å². The molecule has 0 atom stereocenters. The van der Waals surface area contributed by atoms with Gasteiger partial charge < -0.3 is 4.42 Å². The Hall–Kier alpha value is -1.60. The van der Waals surface area contributed by atoms with Crippen molar-refractivity contribution < 1.29 is 4.42 Å². The average molecular weight is 264 g/mol. The van der Waals surface area contributed by atoms with E-state index in [9.17, 15) is 4.79 Å². The number of aryl methyl sites for hydroxylation is 1. The van der Waals surface area contributed by atoms with Crippen molar-refractivity contribution in [3.05, 3.63) is 44.2 Å². The highest BCUT2D eigenvalue weighted by molar-refractivity contribution is 9.10. The summed E-state index contributed by atoms with van der Waals surface area (Å²) in [5.74, 6) is 0. The maximum atomic E-state index is 11.4. The molecule has 0 unspecified atom stereocenters. The van der Waals surface area contributed by atoms with Crippen molar-refractivity contribution >= 4 is 26.9 Å². The molecule has 0 amide bonds. The summed E-state index contributed by atoms with van der Waals surface area (Å²) in [4.78, 5) is 11.4. The van der Waals surface area contributed by atoms with Crippen molar-refractivity contribution in [1.82, 2.24) is 0 Å². The minimum absolute atomic E-state index is 0.0700. The summed E-state index contributed by atoms with van der Waals surface area (Å²) in [5.41, 5.74) is 0.648. The van der Waals surface area contributed by atoms with E-state index in [2.05, 4.69) is 15.9 Å². The fourth-order valence-electron chi connectivity index (χ4n) is 1.45. The number of fused-ring (bicyclic) bond motifs is 1. The number of benzene rings is 1. The molecular formula is C11H6BrNO2. The van der Waals surface area contributed by atoms with E-state index in [1.54, 1.807) is 19.1 Å². The Balaban J connectivity index is 3.00. The maximum Gasteiger partial charge on any atom is 0.354 e. The van der Waals surface area contributed by atoms with Crippen molar-refractivity contribution in [2.24, 2.45) is 0 Å². The Bertz CT molecular complexity index is 637. The Morgan fingerprint density at radius 2 is 2.20 bits per heavy atom. The van der Waals surface area contributed by atoms with E-state index in [-0.39, 0.29) is 5.56 Å². The maximum absolute atomic E-state index is 11.4. The number of hydrogen-bond acceptors (Lipinski definition) is 3. The zero-order valence-electron chi connectivity index (χ0n) is 7.87. The van der Waals surface area contributed by atoms with Crippen LogP contribution in [0.2, 0.25) is 0 Å². The van der Waals surface area contributed by atoms with Gasteiger partial charge in [-0.1, -0.05) is 15.9 Å². The molecule has 0 aliphatic rings. The molecule has 1 heterocycles. The van der Waals surface area contributed by atoms with Gasteiger partial charge in [-0.3, -0.25) is 0 Å². The first-order valence-corrected chi connectivity index (χ1v) is 5.06. The molecule has 2 rings (SSSR count). The molecule has 2 aromatic rings. The van der Waals surface area contributed by atoms with Gasteiger partial charge in [0, 0.05) is 9.86 Å². The second-order valence-corrected chi connectivity index (χ2v) is 4.06. The fraction of sp³-hybridized carbons (Fsp3) is 0.0909. The molecule has 0 N–H and O–H groups in total. The molecule has 15 heavy (non-hydrogen) atoms. The third kappa shape index (κ3) is 1.55. The quantitative estimate of drug-likeness (QED) is 0.687. The van der Waals surface area contributed by atoms with Crippen LogP contribution in [0, 0.1) is 18.3 Å². The Labute approximate surface area is 94.1 Å². The summed E-state index contributed by atoms with van der Waals surface area (Å²) >= 11 is 3.33. The summed E-state index contributed by atoms with van der Waals surface area (Å²) in [5, 5.41) is 9.58. The van der Waals surface area contributed by atoms with Crippen LogP contribution in [0.15, 0.2) is 31.9 Å². The molecule has 3 nitrogen and oxygen atoms in total. The van der Waals surface area contributed by atoms with E-state index in [0.717, 1.165) is 9.86 Å². The predicted molar refractivity (Wildman–Crippen MR) is 59.6 cm³/mol. The second kappa shape index (κ2) is 3.52. The first kappa shape index (κ1) is 9.94. The van der Waals surface area contributed by atoms with Crippen LogP contribution in [0.5, 0.6) is 0 Å². The number of hydrogen-bond donors (Lipinski definition) is 0. The highest BCUT2D eigenvalue weighted by atomic mass is 79.9. The molecule has 0 aliphatic carbocycles. The number of halogens is 1. The van der Waals surface area contributed by atoms with E-state index < -0.39 is 5.63 Å². The summed E-state index contributed by atoms with van der Waals surface area (Å²) in [6.45, 7) is 1.74. The molecule has 4 heteroatoms. The number of rotatable bonds is 0. The van der Waals surface area contributed by atoms with Gasteiger partial charge >= 0.3 is 5.63 Å². The van der Waals surface area contributed by atoms with Crippen LogP contribution in [0.4, 0.5) is 0 Å². The molecule has 74 valence electrons. The van der Waals surface area contributed by atoms with Gasteiger partial charge in [0.25, 0.3) is 0 Å². The van der Waals surface area contributed by atoms with Crippen LogP contribution in [-0.4, -0.2) is 0 Å². The number of nitrogens with zero attached hydrogens (tertiary/aromatic N) is 1. The molecule has 1 aromatic heterocycles. The van der Waals surface area contributed by atoms with E-state index >= 15 is 0 Å². The van der Waals surface area contributed by atoms with Crippen molar-refractivity contribution in [2.75, 3.05) is 0 Å². The molecule has 0 bridgehead atoms. The van der Waals surface area contributed by atoms with E-state index in [1.165, 1.54) is 0 Å². The summed E-state index contributed by atoms with van der Waals surface area (Å²) < 4.78 is 5.91. The van der Waals surface area contributed by atoms with Gasteiger partial charge in [-0.15, -0.1) is 0 Å². The second-order valence-electron chi connectivity index (χ2n) is 3.14. The molecular weight excluding hydrogens is 258 g/mol. The Kier molecular flexibility index (Phi) is 2.33. The summed E-state index contributed by atoms with van der Waals surface area (Å²) in [6.07, 6.45) is 0. The van der Waals surface area contributed by atoms with Gasteiger partial charge in [0.05, 0.1) is 0 Å². The number of nitriles is 1. The third-order valence-electron chi connectivity index (χ3n) is 2.24. The third-order valence-corrected chi connectivity index (χ3v) is 2.73. The van der Waals surface area contributed by atoms with Crippen molar-refractivity contribution in [3.8, 4) is 6.07 Å². The highest BCUT2D eigenvalue weighted by Crippen LogP contribution is 2.22. The molecule has 1 aromatic carbocycles. The highest BCUT2D eigenvalue weighted by Gasteiger charge is 2.10. The largest absolute Gasteiger partial charge is 0.422 e. The lowest BCUT2D eigenvalue weighted by Crippen LogP contribution is -2.06. The molecule has 0 saturated carbocycles. The minimum atomic E-state index is -0.579. The van der Waals surface area contributed by atoms with Gasteiger partial charge in [-0.2, -0.15) is 5.26 Å². The van der Waals surface area contributed by atoms with Gasteiger partial charge in [0.1, 0.15) is 17.2 Å². The SMILES string of the molecule is Cc1c(C#N)c(=O)oc2ccc(Br)cc12. The van der Waals surface area contributed by atoms with Crippen LogP contribution in [0.1, 0.15) is 11.1 Å². The normalized spacial score (nSPS) is 10.2. The topological polar surface area (TPSA) is 54.0 Å². The van der Waals surface area contributed by atoms with Crippen molar-refractivity contribution in [3.63, 3.8) is 0 Å². The lowest BCUT2D eigenvalue weighted by atomic mass is 10.1. The minimum Gasteiger partial charge on any atom is -0.422 e. The lowest BCUT2D eigenvalue weighted by molar-refractivity contribution is 0.557. The van der Waals surface area contributed by atoms with Crippen LogP contribution < -0.4 is 5.63 Å². The molecule has 0 saturated heterocycles. The van der Waals surface area contributed by atoms with E-state index in [1.807, 2.05) is 12.1 Å². The van der Waals surface area contributed by atoms with Gasteiger partial charge in [0.2, 0.25) is 0 Å². The summed E-state index contributed by atoms with van der Waals surface area (Å²) in [7, 11) is 0. The smallest absolute Gasteiger partial charge is 0.354 e. The fourth-order valence-corrected chi connectivity index (χ4v) is 1.81. The van der Waals surface area contributed by atoms with Gasteiger partial charge in [0.15, 0.2) is 0 Å². The standard InChI is InChI=1S/C11H6BrNO2/c1-6-8-4-7(12)2-3-10(8)15-11(14)9(6)5-13/h2-4H,1H3. The Morgan fingerprint density at radius 3 is 2.87 bits per heavy atom.